The number of benzene rings is 2. The van der Waals surface area contributed by atoms with Crippen molar-refractivity contribution in [1.29, 1.82) is 5.41 Å². The summed E-state index contributed by atoms with van der Waals surface area (Å²) >= 11 is 17.5. The molecule has 3 rings (SSSR count). The molecule has 12 heteroatoms. The molecule has 2 aromatic rings. The highest BCUT2D eigenvalue weighted by Gasteiger charge is 2.50. The van der Waals surface area contributed by atoms with Crippen LogP contribution in [0.1, 0.15) is 37.8 Å². The van der Waals surface area contributed by atoms with Crippen molar-refractivity contribution in [2.75, 3.05) is 7.11 Å². The lowest BCUT2D eigenvalue weighted by Gasteiger charge is -2.44. The fraction of sp³-hybridized carbons (Fsp3) is 0.464. The SMILES string of the molecule is COc1ccc(CO[C@@H]2[C@@H](OCc3ccccc3)[C@H](C)O[C@@H](OC(=N)C(Cl)(Cl)Cl)[C@@H]2OC(=O)CCC(C)=O)cc1. The van der Waals surface area contributed by atoms with Crippen molar-refractivity contribution in [2.24, 2.45) is 0 Å². The summed E-state index contributed by atoms with van der Waals surface area (Å²) in [6.45, 7) is 3.45. The average molecular weight is 617 g/mol. The van der Waals surface area contributed by atoms with Gasteiger partial charge in [-0.25, -0.2) is 0 Å². The van der Waals surface area contributed by atoms with E-state index in [4.69, 9.17) is 68.6 Å². The standard InChI is InChI=1S/C28H32Cl3NO8/c1-17(33)9-14-22(34)39-25-24(37-16-20-10-12-21(35-3)13-11-20)23(36-15-19-7-5-4-6-8-19)18(2)38-26(25)40-27(32)28(29,30)31/h4-8,10-13,18,23-26,32H,9,14-16H2,1-3H3/t18-,23-,24+,25+,26-/m0/s1. The fourth-order valence-electron chi connectivity index (χ4n) is 3.97. The van der Waals surface area contributed by atoms with Crippen LogP contribution in [0.25, 0.3) is 0 Å². The van der Waals surface area contributed by atoms with E-state index in [1.807, 2.05) is 42.5 Å². The van der Waals surface area contributed by atoms with E-state index in [1.165, 1.54) is 6.92 Å². The van der Waals surface area contributed by atoms with E-state index < -0.39 is 46.4 Å². The summed E-state index contributed by atoms with van der Waals surface area (Å²) in [5, 5.41) is 8.07. The van der Waals surface area contributed by atoms with Gasteiger partial charge in [0.2, 0.25) is 12.2 Å². The molecule has 2 aromatic carbocycles. The Morgan fingerprint density at radius 2 is 1.48 bits per heavy atom. The van der Waals surface area contributed by atoms with Crippen LogP contribution in [0.5, 0.6) is 5.75 Å². The zero-order valence-electron chi connectivity index (χ0n) is 22.3. The first-order valence-electron chi connectivity index (χ1n) is 12.5. The maximum absolute atomic E-state index is 12.8. The Morgan fingerprint density at radius 3 is 2.05 bits per heavy atom. The average Bonchev–Trinajstić information content (AvgIpc) is 2.92. The Balaban J connectivity index is 1.91. The third kappa shape index (κ3) is 9.61. The van der Waals surface area contributed by atoms with Gasteiger partial charge in [-0.15, -0.1) is 0 Å². The monoisotopic (exact) mass is 615 g/mol. The number of hydrogen-bond donors (Lipinski definition) is 1. The molecule has 0 spiro atoms. The fourth-order valence-corrected chi connectivity index (χ4v) is 4.10. The molecule has 0 saturated carbocycles. The molecular weight excluding hydrogens is 585 g/mol. The summed E-state index contributed by atoms with van der Waals surface area (Å²) < 4.78 is 32.9. The molecular formula is C28H32Cl3NO8. The largest absolute Gasteiger partial charge is 0.497 e. The van der Waals surface area contributed by atoms with Crippen LogP contribution in [0.4, 0.5) is 0 Å². The molecule has 0 amide bonds. The first-order chi connectivity index (χ1) is 19.0. The van der Waals surface area contributed by atoms with Crippen LogP contribution >= 0.6 is 34.8 Å². The molecule has 0 bridgehead atoms. The van der Waals surface area contributed by atoms with Crippen molar-refractivity contribution in [3.63, 3.8) is 0 Å². The van der Waals surface area contributed by atoms with Crippen molar-refractivity contribution in [3.8, 4) is 5.75 Å². The number of esters is 1. The molecule has 1 aliphatic rings. The second-order valence-corrected chi connectivity index (χ2v) is 11.5. The number of methoxy groups -OCH3 is 1. The number of Topliss-reactive ketones (excluding diaryl/α,β-unsaturated/α-hetero) is 1. The zero-order valence-corrected chi connectivity index (χ0v) is 24.6. The van der Waals surface area contributed by atoms with E-state index in [0.717, 1.165) is 11.1 Å². The Bertz CT molecular complexity index is 1130. The lowest BCUT2D eigenvalue weighted by Crippen LogP contribution is -2.61. The van der Waals surface area contributed by atoms with Crippen molar-refractivity contribution >= 4 is 52.5 Å². The zero-order chi connectivity index (χ0) is 29.3. The van der Waals surface area contributed by atoms with Gasteiger partial charge in [-0.1, -0.05) is 77.3 Å². The summed E-state index contributed by atoms with van der Waals surface area (Å²) in [6.07, 6.45) is -5.08. The number of hydrogen-bond acceptors (Lipinski definition) is 9. The van der Waals surface area contributed by atoms with Gasteiger partial charge in [0, 0.05) is 6.42 Å². The summed E-state index contributed by atoms with van der Waals surface area (Å²) in [4.78, 5) is 24.2. The van der Waals surface area contributed by atoms with Crippen molar-refractivity contribution in [3.05, 3.63) is 65.7 Å². The second-order valence-electron chi connectivity index (χ2n) is 9.20. The summed E-state index contributed by atoms with van der Waals surface area (Å²) in [5.74, 6) is -0.902. The number of nitrogens with one attached hydrogen (secondary N) is 1. The molecule has 218 valence electrons. The van der Waals surface area contributed by atoms with E-state index in [2.05, 4.69) is 0 Å². The highest BCUT2D eigenvalue weighted by molar-refractivity contribution is 6.76. The van der Waals surface area contributed by atoms with Gasteiger partial charge in [0.05, 0.1) is 32.8 Å². The summed E-state index contributed by atoms with van der Waals surface area (Å²) in [7, 11) is 1.57. The third-order valence-corrected chi connectivity index (χ3v) is 6.57. The molecule has 1 saturated heterocycles. The molecule has 1 aliphatic heterocycles. The Hall–Kier alpha value is -2.40. The maximum atomic E-state index is 12.8. The van der Waals surface area contributed by atoms with Crippen molar-refractivity contribution in [1.82, 2.24) is 0 Å². The highest BCUT2D eigenvalue weighted by Crippen LogP contribution is 2.34. The van der Waals surface area contributed by atoms with Gasteiger partial charge in [0.25, 0.3) is 3.79 Å². The first kappa shape index (κ1) is 32.1. The molecule has 40 heavy (non-hydrogen) atoms. The maximum Gasteiger partial charge on any atom is 0.306 e. The lowest BCUT2D eigenvalue weighted by molar-refractivity contribution is -0.296. The molecule has 5 atom stereocenters. The molecule has 0 aromatic heterocycles. The predicted molar refractivity (Wildman–Crippen MR) is 150 cm³/mol. The number of rotatable bonds is 12. The Labute approximate surface area is 248 Å². The smallest absolute Gasteiger partial charge is 0.306 e. The van der Waals surface area contributed by atoms with Gasteiger partial charge in [0.15, 0.2) is 6.10 Å². The van der Waals surface area contributed by atoms with E-state index in [9.17, 15) is 9.59 Å². The van der Waals surface area contributed by atoms with Gasteiger partial charge in [0.1, 0.15) is 23.7 Å². The van der Waals surface area contributed by atoms with Gasteiger partial charge in [-0.3, -0.25) is 10.2 Å². The quantitative estimate of drug-likeness (QED) is 0.143. The number of ketones is 1. The van der Waals surface area contributed by atoms with Crippen molar-refractivity contribution < 1.29 is 38.0 Å². The summed E-state index contributed by atoms with van der Waals surface area (Å²) in [5.41, 5.74) is 1.73. The van der Waals surface area contributed by atoms with Gasteiger partial charge in [-0.2, -0.15) is 0 Å². The highest BCUT2D eigenvalue weighted by atomic mass is 35.6. The Kier molecular flexibility index (Phi) is 12.0. The first-order valence-corrected chi connectivity index (χ1v) is 13.7. The lowest BCUT2D eigenvalue weighted by atomic mass is 9.98. The second kappa shape index (κ2) is 15.0. The minimum Gasteiger partial charge on any atom is -0.497 e. The van der Waals surface area contributed by atoms with Crippen LogP contribution in [-0.2, 0) is 46.5 Å². The van der Waals surface area contributed by atoms with Crippen LogP contribution < -0.4 is 4.74 Å². The molecule has 1 heterocycles. The number of alkyl halides is 3. The minimum atomic E-state index is -2.18. The van der Waals surface area contributed by atoms with Crippen LogP contribution in [0.15, 0.2) is 54.6 Å². The molecule has 0 radical (unpaired) electrons. The number of carbonyl (C=O) groups is 2. The predicted octanol–water partition coefficient (Wildman–Crippen LogP) is 5.56. The van der Waals surface area contributed by atoms with Crippen LogP contribution in [-0.4, -0.2) is 59.3 Å². The topological polar surface area (TPSA) is 113 Å². The van der Waals surface area contributed by atoms with Crippen LogP contribution in [0, 0.1) is 5.41 Å². The van der Waals surface area contributed by atoms with E-state index in [0.29, 0.717) is 5.75 Å². The number of ether oxygens (including phenoxy) is 6. The molecule has 9 nitrogen and oxygen atoms in total. The number of halogens is 3. The van der Waals surface area contributed by atoms with E-state index >= 15 is 0 Å². The van der Waals surface area contributed by atoms with E-state index in [-0.39, 0.29) is 31.8 Å². The normalized spacial score (nSPS) is 22.8. The summed E-state index contributed by atoms with van der Waals surface area (Å²) in [6, 6.07) is 16.8. The van der Waals surface area contributed by atoms with Crippen LogP contribution in [0.3, 0.4) is 0 Å². The molecule has 1 N–H and O–H groups in total. The van der Waals surface area contributed by atoms with Crippen LogP contribution in [0.2, 0.25) is 0 Å². The third-order valence-electron chi connectivity index (χ3n) is 6.05. The number of carbonyl (C=O) groups excluding carboxylic acids is 2. The van der Waals surface area contributed by atoms with Gasteiger partial charge in [-0.05, 0) is 37.1 Å². The molecule has 1 fully saturated rings. The van der Waals surface area contributed by atoms with Gasteiger partial charge >= 0.3 is 5.97 Å². The Morgan fingerprint density at radius 1 is 0.875 bits per heavy atom. The minimum absolute atomic E-state index is 0.0103. The van der Waals surface area contributed by atoms with Gasteiger partial charge < -0.3 is 33.2 Å². The van der Waals surface area contributed by atoms with Crippen molar-refractivity contribution in [2.45, 2.75) is 74.4 Å². The van der Waals surface area contributed by atoms with E-state index in [1.54, 1.807) is 26.2 Å². The molecule has 0 aliphatic carbocycles. The molecule has 0 unspecified atom stereocenters.